The molecule has 0 radical (unpaired) electrons. The Balaban J connectivity index is 1.70. The molecule has 1 aromatic heterocycles. The maximum absolute atomic E-state index is 5.77. The van der Waals surface area contributed by atoms with Crippen molar-refractivity contribution in [3.05, 3.63) is 51.7 Å². The van der Waals surface area contributed by atoms with E-state index >= 15 is 0 Å². The molecule has 0 aliphatic carbocycles. The van der Waals surface area contributed by atoms with Crippen LogP contribution in [0.3, 0.4) is 0 Å². The van der Waals surface area contributed by atoms with Gasteiger partial charge >= 0.3 is 0 Å². The van der Waals surface area contributed by atoms with E-state index in [4.69, 9.17) is 4.74 Å². The third-order valence-electron chi connectivity index (χ3n) is 3.12. The van der Waals surface area contributed by atoms with Crippen LogP contribution in [0, 0.1) is 13.8 Å². The van der Waals surface area contributed by atoms with Crippen LogP contribution in [0.5, 0.6) is 5.75 Å². The molecule has 0 aliphatic heterocycles. The second kappa shape index (κ2) is 8.44. The van der Waals surface area contributed by atoms with E-state index < -0.39 is 0 Å². The first-order valence-electron chi connectivity index (χ1n) is 7.34. The SMILES string of the molecule is CN=C(NCCOc1cc(C)cc(C)c1)NCc1ccsc1. The van der Waals surface area contributed by atoms with Gasteiger partial charge in [-0.3, -0.25) is 4.99 Å². The molecule has 0 bridgehead atoms. The van der Waals surface area contributed by atoms with Crippen LogP contribution in [0.15, 0.2) is 40.0 Å². The number of nitrogens with one attached hydrogen (secondary N) is 2. The van der Waals surface area contributed by atoms with Gasteiger partial charge in [0.15, 0.2) is 5.96 Å². The third kappa shape index (κ3) is 5.41. The Morgan fingerprint density at radius 1 is 1.18 bits per heavy atom. The van der Waals surface area contributed by atoms with Crippen LogP contribution in [0.25, 0.3) is 0 Å². The minimum absolute atomic E-state index is 0.599. The van der Waals surface area contributed by atoms with Crippen molar-refractivity contribution in [3.63, 3.8) is 0 Å². The summed E-state index contributed by atoms with van der Waals surface area (Å²) in [6.45, 7) is 6.24. The van der Waals surface area contributed by atoms with Crippen molar-refractivity contribution in [1.82, 2.24) is 10.6 Å². The van der Waals surface area contributed by atoms with E-state index in [1.54, 1.807) is 18.4 Å². The van der Waals surface area contributed by atoms with E-state index in [1.807, 2.05) is 0 Å². The molecule has 0 spiro atoms. The second-order valence-electron chi connectivity index (χ2n) is 5.16. The minimum Gasteiger partial charge on any atom is -0.492 e. The smallest absolute Gasteiger partial charge is 0.191 e. The number of hydrogen-bond donors (Lipinski definition) is 2. The highest BCUT2D eigenvalue weighted by atomic mass is 32.1. The number of benzene rings is 1. The summed E-state index contributed by atoms with van der Waals surface area (Å²) in [5.74, 6) is 1.70. The molecule has 0 aliphatic rings. The van der Waals surface area contributed by atoms with Gasteiger partial charge in [-0.2, -0.15) is 11.3 Å². The molecular formula is C17H23N3OS. The van der Waals surface area contributed by atoms with Crippen LogP contribution < -0.4 is 15.4 Å². The van der Waals surface area contributed by atoms with Crippen molar-refractivity contribution in [2.45, 2.75) is 20.4 Å². The van der Waals surface area contributed by atoms with E-state index in [0.717, 1.165) is 18.3 Å². The molecule has 0 unspecified atom stereocenters. The normalized spacial score (nSPS) is 11.3. The van der Waals surface area contributed by atoms with E-state index in [-0.39, 0.29) is 0 Å². The van der Waals surface area contributed by atoms with Crippen LogP contribution in [-0.2, 0) is 6.54 Å². The molecule has 2 aromatic rings. The Hall–Kier alpha value is -2.01. The summed E-state index contributed by atoms with van der Waals surface area (Å²) < 4.78 is 5.77. The average Bonchev–Trinajstić information content (AvgIpc) is 2.99. The predicted octanol–water partition coefficient (Wildman–Crippen LogP) is 3.11. The molecule has 5 heteroatoms. The van der Waals surface area contributed by atoms with Crippen LogP contribution in [0.1, 0.15) is 16.7 Å². The zero-order valence-electron chi connectivity index (χ0n) is 13.3. The van der Waals surface area contributed by atoms with E-state index in [9.17, 15) is 0 Å². The molecule has 2 N–H and O–H groups in total. The Kier molecular flexibility index (Phi) is 6.27. The van der Waals surface area contributed by atoms with Crippen molar-refractivity contribution in [2.75, 3.05) is 20.2 Å². The van der Waals surface area contributed by atoms with Gasteiger partial charge in [-0.15, -0.1) is 0 Å². The highest BCUT2D eigenvalue weighted by molar-refractivity contribution is 7.07. The quantitative estimate of drug-likeness (QED) is 0.489. The lowest BCUT2D eigenvalue weighted by atomic mass is 10.1. The monoisotopic (exact) mass is 317 g/mol. The van der Waals surface area contributed by atoms with Crippen LogP contribution in [-0.4, -0.2) is 26.2 Å². The summed E-state index contributed by atoms with van der Waals surface area (Å²) in [5, 5.41) is 10.7. The molecule has 0 atom stereocenters. The molecule has 1 heterocycles. The first kappa shape index (κ1) is 16.4. The number of aliphatic imine (C=N–C) groups is 1. The largest absolute Gasteiger partial charge is 0.492 e. The Labute approximate surface area is 136 Å². The molecule has 1 aromatic carbocycles. The number of nitrogens with zero attached hydrogens (tertiary/aromatic N) is 1. The minimum atomic E-state index is 0.599. The van der Waals surface area contributed by atoms with Crippen LogP contribution >= 0.6 is 11.3 Å². The van der Waals surface area contributed by atoms with Gasteiger partial charge in [0.25, 0.3) is 0 Å². The lowest BCUT2D eigenvalue weighted by molar-refractivity contribution is 0.321. The van der Waals surface area contributed by atoms with Gasteiger partial charge in [-0.1, -0.05) is 6.07 Å². The Bertz CT molecular complexity index is 588. The van der Waals surface area contributed by atoms with Crippen molar-refractivity contribution in [3.8, 4) is 5.75 Å². The Morgan fingerprint density at radius 3 is 2.59 bits per heavy atom. The lowest BCUT2D eigenvalue weighted by Gasteiger charge is -2.12. The maximum Gasteiger partial charge on any atom is 0.191 e. The highest BCUT2D eigenvalue weighted by Gasteiger charge is 2.00. The maximum atomic E-state index is 5.77. The fourth-order valence-electron chi connectivity index (χ4n) is 2.15. The number of thiophene rings is 1. The van der Waals surface area contributed by atoms with Crippen LogP contribution in [0.4, 0.5) is 0 Å². The van der Waals surface area contributed by atoms with Crippen molar-refractivity contribution >= 4 is 17.3 Å². The van der Waals surface area contributed by atoms with Gasteiger partial charge in [-0.25, -0.2) is 0 Å². The summed E-state index contributed by atoms with van der Waals surface area (Å²) in [4.78, 5) is 4.20. The number of aryl methyl sites for hydroxylation is 2. The second-order valence-corrected chi connectivity index (χ2v) is 5.94. The third-order valence-corrected chi connectivity index (χ3v) is 3.85. The van der Waals surface area contributed by atoms with Gasteiger partial charge in [0, 0.05) is 13.6 Å². The molecule has 0 saturated carbocycles. The average molecular weight is 317 g/mol. The lowest BCUT2D eigenvalue weighted by Crippen LogP contribution is -2.38. The number of guanidine groups is 1. The molecule has 2 rings (SSSR count). The molecular weight excluding hydrogens is 294 g/mol. The Morgan fingerprint density at radius 2 is 1.95 bits per heavy atom. The molecule has 4 nitrogen and oxygen atoms in total. The van der Waals surface area contributed by atoms with Crippen molar-refractivity contribution in [2.24, 2.45) is 4.99 Å². The molecule has 0 amide bonds. The van der Waals surface area contributed by atoms with E-state index in [1.165, 1.54) is 16.7 Å². The van der Waals surface area contributed by atoms with Gasteiger partial charge in [0.2, 0.25) is 0 Å². The van der Waals surface area contributed by atoms with Gasteiger partial charge in [0.05, 0.1) is 6.54 Å². The number of rotatable bonds is 6. The zero-order chi connectivity index (χ0) is 15.8. The first-order valence-corrected chi connectivity index (χ1v) is 8.28. The fraction of sp³-hybridized carbons (Fsp3) is 0.353. The summed E-state index contributed by atoms with van der Waals surface area (Å²) in [6, 6.07) is 8.35. The van der Waals surface area contributed by atoms with Gasteiger partial charge < -0.3 is 15.4 Å². The summed E-state index contributed by atoms with van der Waals surface area (Å²) in [7, 11) is 1.77. The molecule has 118 valence electrons. The summed E-state index contributed by atoms with van der Waals surface area (Å²) >= 11 is 1.70. The van der Waals surface area contributed by atoms with Crippen LogP contribution in [0.2, 0.25) is 0 Å². The van der Waals surface area contributed by atoms with Crippen molar-refractivity contribution in [1.29, 1.82) is 0 Å². The number of ether oxygens (including phenoxy) is 1. The molecule has 0 fully saturated rings. The molecule has 22 heavy (non-hydrogen) atoms. The van der Waals surface area contributed by atoms with E-state index in [0.29, 0.717) is 13.2 Å². The standard InChI is InChI=1S/C17H23N3OS/c1-13-8-14(2)10-16(9-13)21-6-5-19-17(18-3)20-11-15-4-7-22-12-15/h4,7-10,12H,5-6,11H2,1-3H3,(H2,18,19,20). The summed E-state index contributed by atoms with van der Waals surface area (Å²) in [6.07, 6.45) is 0. The van der Waals surface area contributed by atoms with Gasteiger partial charge in [0.1, 0.15) is 12.4 Å². The topological polar surface area (TPSA) is 45.7 Å². The number of hydrogen-bond acceptors (Lipinski definition) is 3. The van der Waals surface area contributed by atoms with E-state index in [2.05, 4.69) is 64.5 Å². The summed E-state index contributed by atoms with van der Waals surface area (Å²) in [5.41, 5.74) is 3.70. The first-order chi connectivity index (χ1) is 10.7. The van der Waals surface area contributed by atoms with Gasteiger partial charge in [-0.05, 0) is 59.5 Å². The zero-order valence-corrected chi connectivity index (χ0v) is 14.2. The fourth-order valence-corrected chi connectivity index (χ4v) is 2.82. The predicted molar refractivity (Wildman–Crippen MR) is 93.9 cm³/mol. The highest BCUT2D eigenvalue weighted by Crippen LogP contribution is 2.15. The van der Waals surface area contributed by atoms with Crippen molar-refractivity contribution < 1.29 is 4.74 Å². The molecule has 0 saturated heterocycles.